The highest BCUT2D eigenvalue weighted by molar-refractivity contribution is 5.18. The summed E-state index contributed by atoms with van der Waals surface area (Å²) >= 11 is 0. The normalized spacial score (nSPS) is 29.9. The molecule has 1 aliphatic heterocycles. The Kier molecular flexibility index (Phi) is 2.65. The Morgan fingerprint density at radius 1 is 1.19 bits per heavy atom. The van der Waals surface area contributed by atoms with Crippen molar-refractivity contribution in [1.82, 2.24) is 10.2 Å². The molecule has 1 N–H and O–H groups in total. The van der Waals surface area contributed by atoms with Crippen LogP contribution in [0.4, 0.5) is 0 Å². The lowest BCUT2D eigenvalue weighted by atomic mass is 9.94. The van der Waals surface area contributed by atoms with Crippen LogP contribution in [-0.2, 0) is 0 Å². The van der Waals surface area contributed by atoms with Crippen molar-refractivity contribution in [2.24, 2.45) is 5.92 Å². The Morgan fingerprint density at radius 3 is 2.38 bits per heavy atom. The maximum absolute atomic E-state index is 9.58. The molecule has 1 atom stereocenters. The van der Waals surface area contributed by atoms with Crippen molar-refractivity contribution in [2.45, 2.75) is 50.1 Å². The molecule has 1 unspecified atom stereocenters. The number of hydrogen-bond acceptors (Lipinski definition) is 3. The molecule has 16 heavy (non-hydrogen) atoms. The first-order chi connectivity index (χ1) is 7.82. The first kappa shape index (κ1) is 10.6. The minimum Gasteiger partial charge on any atom is -0.300 e. The Morgan fingerprint density at radius 2 is 1.88 bits per heavy atom. The van der Waals surface area contributed by atoms with E-state index in [1.165, 1.54) is 51.6 Å². The SMILES string of the molecule is N#CC(CN1CCCC1)(NC1CC1)C1CC1. The van der Waals surface area contributed by atoms with Crippen LogP contribution in [0.5, 0.6) is 0 Å². The number of hydrogen-bond donors (Lipinski definition) is 1. The molecule has 3 fully saturated rings. The minimum atomic E-state index is -0.217. The third kappa shape index (κ3) is 2.09. The lowest BCUT2D eigenvalue weighted by molar-refractivity contribution is 0.226. The van der Waals surface area contributed by atoms with Crippen LogP contribution >= 0.6 is 0 Å². The summed E-state index contributed by atoms with van der Waals surface area (Å²) in [6.45, 7) is 3.36. The zero-order chi connectivity index (χ0) is 11.0. The van der Waals surface area contributed by atoms with Gasteiger partial charge in [-0.3, -0.25) is 5.32 Å². The number of nitrogens with one attached hydrogen (secondary N) is 1. The standard InChI is InChI=1S/C13H21N3/c14-9-13(11-3-4-11,15-12-5-6-12)10-16-7-1-2-8-16/h11-12,15H,1-8,10H2. The van der Waals surface area contributed by atoms with Crippen LogP contribution in [0, 0.1) is 17.2 Å². The molecule has 3 heteroatoms. The minimum absolute atomic E-state index is 0.217. The molecule has 2 saturated carbocycles. The van der Waals surface area contributed by atoms with E-state index in [-0.39, 0.29) is 5.54 Å². The van der Waals surface area contributed by atoms with Crippen molar-refractivity contribution >= 4 is 0 Å². The zero-order valence-electron chi connectivity index (χ0n) is 9.91. The molecule has 3 nitrogen and oxygen atoms in total. The molecule has 1 saturated heterocycles. The Hall–Kier alpha value is -0.590. The summed E-state index contributed by atoms with van der Waals surface area (Å²) < 4.78 is 0. The number of nitrogens with zero attached hydrogens (tertiary/aromatic N) is 2. The van der Waals surface area contributed by atoms with Gasteiger partial charge in [0.25, 0.3) is 0 Å². The van der Waals surface area contributed by atoms with Gasteiger partial charge in [0, 0.05) is 12.6 Å². The van der Waals surface area contributed by atoms with Gasteiger partial charge >= 0.3 is 0 Å². The maximum atomic E-state index is 9.58. The van der Waals surface area contributed by atoms with Crippen LogP contribution < -0.4 is 5.32 Å². The van der Waals surface area contributed by atoms with Gasteiger partial charge in [0.15, 0.2) is 0 Å². The van der Waals surface area contributed by atoms with Gasteiger partial charge in [0.05, 0.1) is 6.07 Å². The van der Waals surface area contributed by atoms with Gasteiger partial charge in [-0.05, 0) is 57.5 Å². The van der Waals surface area contributed by atoms with E-state index in [9.17, 15) is 5.26 Å². The van der Waals surface area contributed by atoms with Crippen LogP contribution in [0.3, 0.4) is 0 Å². The maximum Gasteiger partial charge on any atom is 0.122 e. The summed E-state index contributed by atoms with van der Waals surface area (Å²) in [5.74, 6) is 0.624. The second-order valence-electron chi connectivity index (χ2n) is 5.76. The van der Waals surface area contributed by atoms with E-state index in [0.717, 1.165) is 6.54 Å². The smallest absolute Gasteiger partial charge is 0.122 e. The van der Waals surface area contributed by atoms with Crippen LogP contribution in [0.25, 0.3) is 0 Å². The molecule has 3 aliphatic rings. The predicted molar refractivity (Wildman–Crippen MR) is 62.9 cm³/mol. The van der Waals surface area contributed by atoms with E-state index < -0.39 is 0 Å². The van der Waals surface area contributed by atoms with E-state index in [1.807, 2.05) is 0 Å². The Labute approximate surface area is 97.8 Å². The van der Waals surface area contributed by atoms with Gasteiger partial charge in [-0.1, -0.05) is 0 Å². The molecule has 0 bridgehead atoms. The average Bonchev–Trinajstić information content (AvgIpc) is 3.19. The van der Waals surface area contributed by atoms with E-state index in [2.05, 4.69) is 16.3 Å². The van der Waals surface area contributed by atoms with Gasteiger partial charge in [-0.2, -0.15) is 5.26 Å². The quantitative estimate of drug-likeness (QED) is 0.761. The lowest BCUT2D eigenvalue weighted by Gasteiger charge is -2.32. The average molecular weight is 219 g/mol. The van der Waals surface area contributed by atoms with E-state index in [1.54, 1.807) is 0 Å². The monoisotopic (exact) mass is 219 g/mol. The van der Waals surface area contributed by atoms with Crippen molar-refractivity contribution in [3.05, 3.63) is 0 Å². The molecule has 0 radical (unpaired) electrons. The number of nitriles is 1. The van der Waals surface area contributed by atoms with Crippen molar-refractivity contribution in [3.8, 4) is 6.07 Å². The zero-order valence-corrected chi connectivity index (χ0v) is 9.91. The van der Waals surface area contributed by atoms with Crippen LogP contribution in [-0.4, -0.2) is 36.1 Å². The summed E-state index contributed by atoms with van der Waals surface area (Å²) in [4.78, 5) is 2.48. The molecule has 88 valence electrons. The van der Waals surface area contributed by atoms with Crippen molar-refractivity contribution in [3.63, 3.8) is 0 Å². The molecule has 1 heterocycles. The first-order valence-electron chi connectivity index (χ1n) is 6.74. The fourth-order valence-corrected chi connectivity index (χ4v) is 2.91. The van der Waals surface area contributed by atoms with Gasteiger partial charge in [-0.25, -0.2) is 0 Å². The third-order valence-electron chi connectivity index (χ3n) is 4.18. The van der Waals surface area contributed by atoms with Gasteiger partial charge < -0.3 is 4.90 Å². The fourth-order valence-electron chi connectivity index (χ4n) is 2.91. The summed E-state index contributed by atoms with van der Waals surface area (Å²) in [5, 5.41) is 13.2. The molecule has 0 aromatic heterocycles. The topological polar surface area (TPSA) is 39.1 Å². The number of likely N-dealkylation sites (tertiary alicyclic amines) is 1. The van der Waals surface area contributed by atoms with Crippen molar-refractivity contribution < 1.29 is 0 Å². The third-order valence-corrected chi connectivity index (χ3v) is 4.18. The van der Waals surface area contributed by atoms with E-state index >= 15 is 0 Å². The largest absolute Gasteiger partial charge is 0.300 e. The fraction of sp³-hybridized carbons (Fsp3) is 0.923. The molecule has 0 aromatic carbocycles. The summed E-state index contributed by atoms with van der Waals surface area (Å²) in [7, 11) is 0. The summed E-state index contributed by atoms with van der Waals surface area (Å²) in [5.41, 5.74) is -0.217. The summed E-state index contributed by atoms with van der Waals surface area (Å²) in [6.07, 6.45) is 7.68. The second kappa shape index (κ2) is 4.01. The first-order valence-corrected chi connectivity index (χ1v) is 6.74. The molecule has 0 amide bonds. The highest BCUT2D eigenvalue weighted by Gasteiger charge is 2.49. The molecular formula is C13H21N3. The van der Waals surface area contributed by atoms with Crippen LogP contribution in [0.15, 0.2) is 0 Å². The van der Waals surface area contributed by atoms with Crippen LogP contribution in [0.1, 0.15) is 38.5 Å². The molecule has 3 rings (SSSR count). The Bertz CT molecular complexity index is 295. The van der Waals surface area contributed by atoms with E-state index in [0.29, 0.717) is 12.0 Å². The molecule has 0 spiro atoms. The highest BCUT2D eigenvalue weighted by Crippen LogP contribution is 2.42. The van der Waals surface area contributed by atoms with E-state index in [4.69, 9.17) is 0 Å². The predicted octanol–water partition coefficient (Wildman–Crippen LogP) is 1.51. The molecular weight excluding hydrogens is 198 g/mol. The van der Waals surface area contributed by atoms with Gasteiger partial charge in [-0.15, -0.1) is 0 Å². The van der Waals surface area contributed by atoms with Crippen molar-refractivity contribution in [2.75, 3.05) is 19.6 Å². The second-order valence-corrected chi connectivity index (χ2v) is 5.76. The van der Waals surface area contributed by atoms with Crippen molar-refractivity contribution in [1.29, 1.82) is 5.26 Å². The van der Waals surface area contributed by atoms with Gasteiger partial charge in [0.1, 0.15) is 5.54 Å². The van der Waals surface area contributed by atoms with Crippen LogP contribution in [0.2, 0.25) is 0 Å². The molecule has 0 aromatic rings. The molecule has 2 aliphatic carbocycles. The highest BCUT2D eigenvalue weighted by atomic mass is 15.2. The number of rotatable bonds is 5. The Balaban J connectivity index is 1.68. The summed E-state index contributed by atoms with van der Waals surface area (Å²) in [6, 6.07) is 3.26. The van der Waals surface area contributed by atoms with Gasteiger partial charge in [0.2, 0.25) is 0 Å². The lowest BCUT2D eigenvalue weighted by Crippen LogP contribution is -2.54.